The van der Waals surface area contributed by atoms with Crippen LogP contribution in [0.4, 0.5) is 0 Å². The molecule has 1 aromatic rings. The fraction of sp³-hybridized carbons (Fsp3) is 0.417. The molecule has 0 amide bonds. The quantitative estimate of drug-likeness (QED) is 0.746. The lowest BCUT2D eigenvalue weighted by Crippen LogP contribution is -2.46. The number of sulfonamides is 1. The normalized spacial score (nSPS) is 22.4. The molecule has 1 saturated carbocycles. The summed E-state index contributed by atoms with van der Waals surface area (Å²) in [5.41, 5.74) is 0.406. The van der Waals surface area contributed by atoms with Gasteiger partial charge in [0.25, 0.3) is 0 Å². The highest BCUT2D eigenvalue weighted by Crippen LogP contribution is 2.27. The van der Waals surface area contributed by atoms with Gasteiger partial charge in [-0.2, -0.15) is 0 Å². The summed E-state index contributed by atoms with van der Waals surface area (Å²) >= 11 is 3.17. The van der Waals surface area contributed by atoms with Crippen LogP contribution in [0.1, 0.15) is 28.8 Å². The molecular formula is C12H14BrNO5S. The van der Waals surface area contributed by atoms with E-state index >= 15 is 0 Å². The van der Waals surface area contributed by atoms with E-state index in [9.17, 15) is 13.2 Å². The van der Waals surface area contributed by atoms with Crippen molar-refractivity contribution in [1.29, 1.82) is 0 Å². The number of benzene rings is 1. The third-order valence-corrected chi connectivity index (χ3v) is 5.62. The van der Waals surface area contributed by atoms with Crippen LogP contribution >= 0.6 is 15.9 Å². The number of carbonyl (C=O) groups is 1. The van der Waals surface area contributed by atoms with Gasteiger partial charge < -0.3 is 10.2 Å². The molecule has 20 heavy (non-hydrogen) atoms. The number of rotatable bonds is 4. The van der Waals surface area contributed by atoms with E-state index in [2.05, 4.69) is 20.7 Å². The first-order chi connectivity index (χ1) is 9.20. The second-order valence-electron chi connectivity index (χ2n) is 4.83. The van der Waals surface area contributed by atoms with Crippen LogP contribution in [0.2, 0.25) is 0 Å². The van der Waals surface area contributed by atoms with Crippen molar-refractivity contribution in [2.75, 3.05) is 0 Å². The zero-order valence-electron chi connectivity index (χ0n) is 10.6. The minimum atomic E-state index is -3.79. The van der Waals surface area contributed by atoms with E-state index in [-0.39, 0.29) is 16.5 Å². The Morgan fingerprint density at radius 3 is 2.50 bits per heavy atom. The largest absolute Gasteiger partial charge is 0.478 e. The average molecular weight is 364 g/mol. The van der Waals surface area contributed by atoms with E-state index in [4.69, 9.17) is 10.2 Å². The predicted molar refractivity (Wildman–Crippen MR) is 75.2 cm³/mol. The van der Waals surface area contributed by atoms with Gasteiger partial charge in [-0.25, -0.2) is 17.9 Å². The zero-order chi connectivity index (χ0) is 15.1. The molecule has 0 radical (unpaired) electrons. The van der Waals surface area contributed by atoms with Crippen LogP contribution in [0.25, 0.3) is 0 Å². The first-order valence-corrected chi connectivity index (χ1v) is 8.22. The van der Waals surface area contributed by atoms with E-state index in [1.165, 1.54) is 6.07 Å². The maximum Gasteiger partial charge on any atom is 0.336 e. The molecule has 0 aliphatic heterocycles. The molecule has 0 saturated heterocycles. The Morgan fingerprint density at radius 1 is 1.40 bits per heavy atom. The second kappa shape index (κ2) is 5.44. The van der Waals surface area contributed by atoms with Crippen molar-refractivity contribution >= 4 is 31.9 Å². The molecule has 0 spiro atoms. The first kappa shape index (κ1) is 15.4. The molecule has 110 valence electrons. The Morgan fingerprint density at radius 2 is 2.00 bits per heavy atom. The number of halogens is 1. The number of nitrogens with one attached hydrogen (secondary N) is 1. The standard InChI is InChI=1S/C12H14BrNO5S/c1-6-10(12(16)17)4-9(5-11(6)13)20(18,19)14-7-2-8(15)3-7/h4-5,7-8,14-15H,2-3H2,1H3,(H,16,17). The van der Waals surface area contributed by atoms with Crippen LogP contribution < -0.4 is 4.72 Å². The molecule has 1 aromatic carbocycles. The minimum Gasteiger partial charge on any atom is -0.478 e. The lowest BCUT2D eigenvalue weighted by Gasteiger charge is -2.31. The first-order valence-electron chi connectivity index (χ1n) is 5.94. The number of aliphatic hydroxyl groups is 1. The molecule has 1 aliphatic carbocycles. The highest BCUT2D eigenvalue weighted by atomic mass is 79.9. The Bertz CT molecular complexity index is 652. The van der Waals surface area contributed by atoms with E-state index in [0.717, 1.165) is 6.07 Å². The van der Waals surface area contributed by atoms with Gasteiger partial charge in [0.1, 0.15) is 0 Å². The van der Waals surface area contributed by atoms with Crippen LogP contribution in [0.3, 0.4) is 0 Å². The summed E-state index contributed by atoms with van der Waals surface area (Å²) in [6, 6.07) is 2.21. The number of carboxylic acid groups (broad SMARTS) is 1. The number of carboxylic acids is 1. The molecule has 0 atom stereocenters. The van der Waals surface area contributed by atoms with Gasteiger partial charge >= 0.3 is 5.97 Å². The van der Waals surface area contributed by atoms with Crippen molar-refractivity contribution in [2.45, 2.75) is 36.8 Å². The third-order valence-electron chi connectivity index (χ3n) is 3.29. The van der Waals surface area contributed by atoms with Crippen molar-refractivity contribution in [3.05, 3.63) is 27.7 Å². The van der Waals surface area contributed by atoms with Crippen LogP contribution in [0, 0.1) is 6.92 Å². The number of hydrogen-bond donors (Lipinski definition) is 3. The maximum atomic E-state index is 12.2. The van der Waals surface area contributed by atoms with Gasteiger partial charge in [0.15, 0.2) is 0 Å². The molecule has 0 bridgehead atoms. The van der Waals surface area contributed by atoms with Crippen molar-refractivity contribution in [1.82, 2.24) is 4.72 Å². The Hall–Kier alpha value is -0.960. The highest BCUT2D eigenvalue weighted by Gasteiger charge is 2.31. The van der Waals surface area contributed by atoms with Gasteiger partial charge in [0.2, 0.25) is 10.0 Å². The van der Waals surface area contributed by atoms with Crippen LogP contribution in [0.15, 0.2) is 21.5 Å². The number of aromatic carboxylic acids is 1. The molecule has 0 unspecified atom stereocenters. The van der Waals surface area contributed by atoms with Crippen molar-refractivity contribution in [3.63, 3.8) is 0 Å². The zero-order valence-corrected chi connectivity index (χ0v) is 13.0. The van der Waals surface area contributed by atoms with Crippen LogP contribution in [0.5, 0.6) is 0 Å². The topological polar surface area (TPSA) is 104 Å². The van der Waals surface area contributed by atoms with Gasteiger partial charge in [0, 0.05) is 10.5 Å². The van der Waals surface area contributed by atoms with E-state index in [1.807, 2.05) is 0 Å². The molecule has 3 N–H and O–H groups in total. The number of aliphatic hydroxyl groups excluding tert-OH is 1. The van der Waals surface area contributed by atoms with Gasteiger partial charge in [-0.15, -0.1) is 0 Å². The average Bonchev–Trinajstić information content (AvgIpc) is 2.29. The number of hydrogen-bond acceptors (Lipinski definition) is 4. The van der Waals surface area contributed by atoms with Crippen LogP contribution in [-0.2, 0) is 10.0 Å². The molecule has 6 nitrogen and oxygen atoms in total. The molecule has 2 rings (SSSR count). The van der Waals surface area contributed by atoms with Gasteiger partial charge in [-0.1, -0.05) is 15.9 Å². The van der Waals surface area contributed by atoms with E-state index in [0.29, 0.717) is 22.9 Å². The molecular weight excluding hydrogens is 350 g/mol. The third kappa shape index (κ3) is 3.03. The smallest absolute Gasteiger partial charge is 0.336 e. The molecule has 8 heteroatoms. The lowest BCUT2D eigenvalue weighted by molar-refractivity contribution is 0.0694. The Balaban J connectivity index is 2.34. The van der Waals surface area contributed by atoms with Gasteiger partial charge in [-0.3, -0.25) is 0 Å². The Labute approximate surface area is 125 Å². The summed E-state index contributed by atoms with van der Waals surface area (Å²) in [4.78, 5) is 11.0. The summed E-state index contributed by atoms with van der Waals surface area (Å²) in [7, 11) is -3.79. The molecule has 1 aliphatic rings. The lowest BCUT2D eigenvalue weighted by atomic mass is 9.91. The molecule has 0 aromatic heterocycles. The summed E-state index contributed by atoms with van der Waals surface area (Å²) < 4.78 is 27.2. The van der Waals surface area contributed by atoms with Crippen LogP contribution in [-0.4, -0.2) is 36.7 Å². The summed E-state index contributed by atoms with van der Waals surface area (Å²) in [6.07, 6.45) is 0.276. The van der Waals surface area contributed by atoms with Crippen molar-refractivity contribution < 1.29 is 23.4 Å². The Kier molecular flexibility index (Phi) is 4.19. The van der Waals surface area contributed by atoms with Gasteiger partial charge in [-0.05, 0) is 37.5 Å². The van der Waals surface area contributed by atoms with Crippen molar-refractivity contribution in [2.24, 2.45) is 0 Å². The molecule has 0 heterocycles. The van der Waals surface area contributed by atoms with Crippen molar-refractivity contribution in [3.8, 4) is 0 Å². The van der Waals surface area contributed by atoms with Gasteiger partial charge in [0.05, 0.1) is 16.6 Å². The highest BCUT2D eigenvalue weighted by molar-refractivity contribution is 9.10. The fourth-order valence-electron chi connectivity index (χ4n) is 2.00. The maximum absolute atomic E-state index is 12.2. The SMILES string of the molecule is Cc1c(Br)cc(S(=O)(=O)NC2CC(O)C2)cc1C(=O)O. The monoisotopic (exact) mass is 363 g/mol. The summed E-state index contributed by atoms with van der Waals surface area (Å²) in [6.45, 7) is 1.60. The fourth-order valence-corrected chi connectivity index (χ4v) is 3.93. The van der Waals surface area contributed by atoms with E-state index < -0.39 is 22.1 Å². The predicted octanol–water partition coefficient (Wildman–Crippen LogP) is 1.26. The molecule has 1 fully saturated rings. The summed E-state index contributed by atoms with van der Waals surface area (Å²) in [5.74, 6) is -1.18. The minimum absolute atomic E-state index is 0.0617. The second-order valence-corrected chi connectivity index (χ2v) is 7.39. The van der Waals surface area contributed by atoms with E-state index in [1.54, 1.807) is 6.92 Å². The summed E-state index contributed by atoms with van der Waals surface area (Å²) in [5, 5.41) is 18.2.